The molecule has 3 aromatic rings. The van der Waals surface area contributed by atoms with E-state index in [1.807, 2.05) is 0 Å². The lowest BCUT2D eigenvalue weighted by Crippen LogP contribution is -2.11. The van der Waals surface area contributed by atoms with Crippen LogP contribution in [0.4, 0.5) is 5.13 Å². The molecule has 0 bridgehead atoms. The molecule has 8 nitrogen and oxygen atoms in total. The van der Waals surface area contributed by atoms with Crippen molar-refractivity contribution in [2.45, 2.75) is 4.90 Å². The maximum absolute atomic E-state index is 12.2. The van der Waals surface area contributed by atoms with E-state index < -0.39 is 10.0 Å². The lowest BCUT2D eigenvalue weighted by molar-refractivity contribution is -0.111. The molecule has 28 heavy (non-hydrogen) atoms. The Morgan fingerprint density at radius 2 is 1.89 bits per heavy atom. The normalized spacial score (nSPS) is 11.7. The summed E-state index contributed by atoms with van der Waals surface area (Å²) in [7, 11) is -0.716. The molecule has 0 saturated carbocycles. The molecule has 0 fully saturated rings. The minimum atomic E-state index is -3.80. The van der Waals surface area contributed by atoms with E-state index in [1.54, 1.807) is 37.5 Å². The van der Waals surface area contributed by atoms with E-state index in [9.17, 15) is 13.2 Å². The fourth-order valence-corrected chi connectivity index (χ4v) is 3.93. The Morgan fingerprint density at radius 1 is 1.14 bits per heavy atom. The number of hydrogen-bond acceptors (Lipinski definition) is 7. The number of hydrogen-bond donors (Lipinski definition) is 2. The maximum atomic E-state index is 12.2. The molecule has 3 N–H and O–H groups in total. The number of amides is 1. The Balaban J connectivity index is 1.75. The van der Waals surface area contributed by atoms with Gasteiger partial charge in [0.15, 0.2) is 16.6 Å². The van der Waals surface area contributed by atoms with Crippen LogP contribution in [-0.4, -0.2) is 33.5 Å². The first-order valence-electron chi connectivity index (χ1n) is 7.94. The summed E-state index contributed by atoms with van der Waals surface area (Å²) in [4.78, 5) is 16.4. The number of fused-ring (bicyclic) bond motifs is 1. The lowest BCUT2D eigenvalue weighted by Gasteiger charge is -2.07. The molecule has 10 heteroatoms. The SMILES string of the molecule is COc1ccc(C=CC(=O)Nc2nc3ccc(S(N)(=O)=O)cc3s2)cc1OC. The van der Waals surface area contributed by atoms with Gasteiger partial charge in [0.1, 0.15) is 0 Å². The number of nitrogens with zero attached hydrogens (tertiary/aromatic N) is 1. The average molecular weight is 419 g/mol. The molecule has 1 aromatic heterocycles. The monoisotopic (exact) mass is 419 g/mol. The molecule has 0 saturated heterocycles. The molecule has 0 aliphatic carbocycles. The zero-order valence-electron chi connectivity index (χ0n) is 15.0. The summed E-state index contributed by atoms with van der Waals surface area (Å²) in [5.74, 6) is 0.778. The van der Waals surface area contributed by atoms with Crippen LogP contribution in [0.25, 0.3) is 16.3 Å². The first-order valence-corrected chi connectivity index (χ1v) is 10.3. The van der Waals surface area contributed by atoms with Crippen LogP contribution in [-0.2, 0) is 14.8 Å². The Hall–Kier alpha value is -2.95. The molecule has 0 aliphatic heterocycles. The van der Waals surface area contributed by atoms with Crippen molar-refractivity contribution in [2.24, 2.45) is 5.14 Å². The van der Waals surface area contributed by atoms with Gasteiger partial charge in [-0.05, 0) is 42.0 Å². The topological polar surface area (TPSA) is 121 Å². The number of sulfonamides is 1. The molecule has 0 radical (unpaired) electrons. The van der Waals surface area contributed by atoms with E-state index in [2.05, 4.69) is 10.3 Å². The number of nitrogens with one attached hydrogen (secondary N) is 1. The number of anilines is 1. The largest absolute Gasteiger partial charge is 0.493 e. The second kappa shape index (κ2) is 7.97. The van der Waals surface area contributed by atoms with E-state index in [1.165, 1.54) is 25.3 Å². The third-order valence-corrected chi connectivity index (χ3v) is 5.60. The molecular weight excluding hydrogens is 402 g/mol. The third-order valence-electron chi connectivity index (χ3n) is 3.75. The summed E-state index contributed by atoms with van der Waals surface area (Å²) in [6.45, 7) is 0. The fraction of sp³-hybridized carbons (Fsp3) is 0.111. The van der Waals surface area contributed by atoms with E-state index in [0.717, 1.165) is 16.9 Å². The molecule has 2 aromatic carbocycles. The molecule has 0 unspecified atom stereocenters. The van der Waals surface area contributed by atoms with Crippen LogP contribution in [0.2, 0.25) is 0 Å². The van der Waals surface area contributed by atoms with Gasteiger partial charge in [0.2, 0.25) is 15.9 Å². The molecule has 3 rings (SSSR count). The van der Waals surface area contributed by atoms with Gasteiger partial charge in [0.25, 0.3) is 0 Å². The summed E-state index contributed by atoms with van der Waals surface area (Å²) in [5, 5.41) is 8.14. The van der Waals surface area contributed by atoms with Gasteiger partial charge in [-0.3, -0.25) is 10.1 Å². The van der Waals surface area contributed by atoms with Gasteiger partial charge in [-0.1, -0.05) is 17.4 Å². The number of benzene rings is 2. The summed E-state index contributed by atoms with van der Waals surface area (Å²) in [5.41, 5.74) is 1.33. The van der Waals surface area contributed by atoms with Crippen molar-refractivity contribution in [1.82, 2.24) is 4.98 Å². The van der Waals surface area contributed by atoms with Gasteiger partial charge in [0.05, 0.1) is 29.3 Å². The Morgan fingerprint density at radius 3 is 2.57 bits per heavy atom. The molecule has 0 spiro atoms. The second-order valence-corrected chi connectivity index (χ2v) is 8.22. The zero-order valence-corrected chi connectivity index (χ0v) is 16.6. The van der Waals surface area contributed by atoms with Crippen LogP contribution in [0.15, 0.2) is 47.4 Å². The van der Waals surface area contributed by atoms with E-state index in [0.29, 0.717) is 26.8 Å². The second-order valence-electron chi connectivity index (χ2n) is 5.63. The minimum Gasteiger partial charge on any atom is -0.493 e. The van der Waals surface area contributed by atoms with Gasteiger partial charge in [-0.2, -0.15) is 0 Å². The van der Waals surface area contributed by atoms with Crippen LogP contribution in [0.1, 0.15) is 5.56 Å². The standard InChI is InChI=1S/C18H17N3O5S2/c1-25-14-7-3-11(9-15(14)26-2)4-8-17(22)21-18-20-13-6-5-12(28(19,23)24)10-16(13)27-18/h3-10H,1-2H3,(H2,19,23,24)(H,20,21,22). The number of rotatable bonds is 6. The van der Waals surface area contributed by atoms with Crippen molar-refractivity contribution in [3.63, 3.8) is 0 Å². The summed E-state index contributed by atoms with van der Waals surface area (Å²) in [6.07, 6.45) is 2.99. The number of carbonyl (C=O) groups is 1. The summed E-state index contributed by atoms with van der Waals surface area (Å²) < 4.78 is 33.9. The Labute approximate surface area is 165 Å². The highest BCUT2D eigenvalue weighted by atomic mass is 32.2. The number of thiazole rings is 1. The van der Waals surface area contributed by atoms with E-state index in [4.69, 9.17) is 14.6 Å². The first kappa shape index (κ1) is 19.8. The van der Waals surface area contributed by atoms with Crippen molar-refractivity contribution in [3.8, 4) is 11.5 Å². The van der Waals surface area contributed by atoms with Crippen LogP contribution >= 0.6 is 11.3 Å². The van der Waals surface area contributed by atoms with Gasteiger partial charge in [0, 0.05) is 6.08 Å². The van der Waals surface area contributed by atoms with Gasteiger partial charge >= 0.3 is 0 Å². The molecule has 0 aliphatic rings. The van der Waals surface area contributed by atoms with E-state index >= 15 is 0 Å². The molecule has 0 atom stereocenters. The van der Waals surface area contributed by atoms with Crippen LogP contribution in [0.3, 0.4) is 0 Å². The highest BCUT2D eigenvalue weighted by Gasteiger charge is 2.12. The minimum absolute atomic E-state index is 0.00475. The van der Waals surface area contributed by atoms with Gasteiger partial charge < -0.3 is 9.47 Å². The first-order chi connectivity index (χ1) is 13.3. The number of aromatic nitrogens is 1. The number of nitrogens with two attached hydrogens (primary N) is 1. The maximum Gasteiger partial charge on any atom is 0.250 e. The van der Waals surface area contributed by atoms with Crippen LogP contribution in [0.5, 0.6) is 11.5 Å². The van der Waals surface area contributed by atoms with Crippen molar-refractivity contribution >= 4 is 48.7 Å². The number of ether oxygens (including phenoxy) is 2. The highest BCUT2D eigenvalue weighted by Crippen LogP contribution is 2.29. The van der Waals surface area contributed by atoms with Crippen LogP contribution in [0, 0.1) is 0 Å². The summed E-state index contributed by atoms with van der Waals surface area (Å²) in [6, 6.07) is 9.62. The van der Waals surface area contributed by atoms with Crippen molar-refractivity contribution in [1.29, 1.82) is 0 Å². The van der Waals surface area contributed by atoms with Crippen molar-refractivity contribution in [3.05, 3.63) is 48.0 Å². The molecule has 146 valence electrons. The lowest BCUT2D eigenvalue weighted by atomic mass is 10.2. The third kappa shape index (κ3) is 4.47. The number of primary sulfonamides is 1. The predicted octanol–water partition coefficient (Wildman–Crippen LogP) is 2.61. The quantitative estimate of drug-likeness (QED) is 0.593. The molecule has 1 heterocycles. The fourth-order valence-electron chi connectivity index (χ4n) is 2.41. The predicted molar refractivity (Wildman–Crippen MR) is 108 cm³/mol. The Kier molecular flexibility index (Phi) is 5.63. The zero-order chi connectivity index (χ0) is 20.3. The average Bonchev–Trinajstić information content (AvgIpc) is 3.06. The highest BCUT2D eigenvalue weighted by molar-refractivity contribution is 7.89. The van der Waals surface area contributed by atoms with Crippen molar-refractivity contribution in [2.75, 3.05) is 19.5 Å². The van der Waals surface area contributed by atoms with Crippen molar-refractivity contribution < 1.29 is 22.7 Å². The molecular formula is C18H17N3O5S2. The Bertz CT molecular complexity index is 1170. The number of methoxy groups -OCH3 is 2. The molecule has 1 amide bonds. The smallest absolute Gasteiger partial charge is 0.250 e. The van der Waals surface area contributed by atoms with Crippen LogP contribution < -0.4 is 19.9 Å². The van der Waals surface area contributed by atoms with Gasteiger partial charge in [-0.25, -0.2) is 18.5 Å². The van der Waals surface area contributed by atoms with Gasteiger partial charge in [-0.15, -0.1) is 0 Å². The summed E-state index contributed by atoms with van der Waals surface area (Å²) >= 11 is 1.16. The van der Waals surface area contributed by atoms with E-state index in [-0.39, 0.29) is 10.8 Å². The number of carbonyl (C=O) groups excluding carboxylic acids is 1.